The highest BCUT2D eigenvalue weighted by molar-refractivity contribution is 7.89. The second-order valence-corrected chi connectivity index (χ2v) is 9.86. The molecule has 1 aromatic rings. The fourth-order valence-corrected chi connectivity index (χ4v) is 5.82. The number of carbonyl (C=O) groups excluding carboxylic acids is 1. The van der Waals surface area contributed by atoms with Crippen molar-refractivity contribution in [3.8, 4) is 0 Å². The normalized spacial score (nSPS) is 25.3. The van der Waals surface area contributed by atoms with Crippen LogP contribution in [0.1, 0.15) is 32.6 Å². The van der Waals surface area contributed by atoms with Crippen molar-refractivity contribution in [2.45, 2.75) is 43.5 Å². The zero-order valence-electron chi connectivity index (χ0n) is 15.7. The van der Waals surface area contributed by atoms with Gasteiger partial charge in [-0.15, -0.1) is 0 Å². The van der Waals surface area contributed by atoms with Gasteiger partial charge in [-0.25, -0.2) is 8.42 Å². The van der Waals surface area contributed by atoms with Crippen LogP contribution in [0, 0.1) is 5.92 Å². The topological polar surface area (TPSA) is 69.7 Å². The van der Waals surface area contributed by atoms with E-state index in [1.807, 2.05) is 4.90 Å². The quantitative estimate of drug-likeness (QED) is 0.804. The lowest BCUT2D eigenvalue weighted by Gasteiger charge is -2.34. The van der Waals surface area contributed by atoms with E-state index in [1.54, 1.807) is 18.2 Å². The van der Waals surface area contributed by atoms with Crippen LogP contribution in [0.5, 0.6) is 0 Å². The number of rotatable bonds is 5. The lowest BCUT2D eigenvalue weighted by atomic mass is 9.86. The number of nitrogens with one attached hydrogen (secondary N) is 1. The Morgan fingerprint density at radius 3 is 2.48 bits per heavy atom. The van der Waals surface area contributed by atoms with E-state index in [9.17, 15) is 13.2 Å². The summed E-state index contributed by atoms with van der Waals surface area (Å²) in [7, 11) is -3.60. The monoisotopic (exact) mass is 413 g/mol. The summed E-state index contributed by atoms with van der Waals surface area (Å²) < 4.78 is 27.0. The van der Waals surface area contributed by atoms with E-state index in [1.165, 1.54) is 29.6 Å². The molecule has 1 aliphatic heterocycles. The summed E-state index contributed by atoms with van der Waals surface area (Å²) in [5, 5.41) is 3.40. The molecule has 2 atom stereocenters. The Morgan fingerprint density at radius 2 is 1.81 bits per heavy atom. The van der Waals surface area contributed by atoms with Crippen LogP contribution in [0.4, 0.5) is 0 Å². The molecule has 1 aromatic carbocycles. The number of halogens is 1. The molecule has 3 rings (SSSR count). The Kier molecular flexibility index (Phi) is 6.78. The minimum Gasteiger partial charge on any atom is -0.352 e. The summed E-state index contributed by atoms with van der Waals surface area (Å²) in [4.78, 5) is 14.5. The van der Waals surface area contributed by atoms with Crippen LogP contribution in [-0.2, 0) is 14.8 Å². The molecule has 0 unspecified atom stereocenters. The van der Waals surface area contributed by atoms with Gasteiger partial charge >= 0.3 is 0 Å². The predicted octanol–water partition coefficient (Wildman–Crippen LogP) is 2.34. The van der Waals surface area contributed by atoms with Crippen molar-refractivity contribution in [1.82, 2.24) is 14.5 Å². The molecule has 150 valence electrons. The molecule has 0 spiro atoms. The van der Waals surface area contributed by atoms with Gasteiger partial charge in [0.25, 0.3) is 0 Å². The maximum Gasteiger partial charge on any atom is 0.244 e. The van der Waals surface area contributed by atoms with Gasteiger partial charge < -0.3 is 5.32 Å². The van der Waals surface area contributed by atoms with Crippen molar-refractivity contribution >= 4 is 27.5 Å². The number of hydrogen-bond donors (Lipinski definition) is 1. The number of amides is 1. The van der Waals surface area contributed by atoms with Crippen LogP contribution >= 0.6 is 11.6 Å². The number of nitrogens with zero attached hydrogens (tertiary/aromatic N) is 2. The molecular formula is C19H28ClN3O3S. The minimum absolute atomic E-state index is 0.0381. The second kappa shape index (κ2) is 8.90. The van der Waals surface area contributed by atoms with Crippen LogP contribution in [-0.4, -0.2) is 62.3 Å². The fourth-order valence-electron chi connectivity index (χ4n) is 3.91. The molecule has 2 fully saturated rings. The van der Waals surface area contributed by atoms with Crippen molar-refractivity contribution in [3.05, 3.63) is 29.3 Å². The fraction of sp³-hybridized carbons (Fsp3) is 0.632. The van der Waals surface area contributed by atoms with Crippen LogP contribution in [0.2, 0.25) is 5.02 Å². The highest BCUT2D eigenvalue weighted by atomic mass is 35.5. The first kappa shape index (κ1) is 20.6. The van der Waals surface area contributed by atoms with E-state index < -0.39 is 10.0 Å². The second-order valence-electron chi connectivity index (χ2n) is 7.55. The highest BCUT2D eigenvalue weighted by Gasteiger charge is 2.31. The summed E-state index contributed by atoms with van der Waals surface area (Å²) in [5.74, 6) is 0.566. The van der Waals surface area contributed by atoms with E-state index in [0.29, 0.717) is 38.6 Å². The zero-order valence-corrected chi connectivity index (χ0v) is 17.3. The Bertz CT molecular complexity index is 763. The van der Waals surface area contributed by atoms with Gasteiger partial charge in [-0.05, 0) is 30.9 Å². The first-order valence-electron chi connectivity index (χ1n) is 9.64. The average Bonchev–Trinajstić information content (AvgIpc) is 2.64. The molecule has 0 radical (unpaired) electrons. The van der Waals surface area contributed by atoms with Crippen LogP contribution in [0.25, 0.3) is 0 Å². The smallest absolute Gasteiger partial charge is 0.244 e. The molecule has 8 heteroatoms. The van der Waals surface area contributed by atoms with Crippen molar-refractivity contribution < 1.29 is 13.2 Å². The number of piperazine rings is 1. The lowest BCUT2D eigenvalue weighted by molar-refractivity contribution is -0.123. The largest absolute Gasteiger partial charge is 0.352 e. The van der Waals surface area contributed by atoms with E-state index in [2.05, 4.69) is 12.2 Å². The Balaban J connectivity index is 1.51. The number of hydrogen-bond acceptors (Lipinski definition) is 4. The van der Waals surface area contributed by atoms with Gasteiger partial charge in [0, 0.05) is 32.2 Å². The summed E-state index contributed by atoms with van der Waals surface area (Å²) in [6.07, 6.45) is 4.64. The zero-order chi connectivity index (χ0) is 19.4. The third-order valence-electron chi connectivity index (χ3n) is 5.61. The van der Waals surface area contributed by atoms with E-state index >= 15 is 0 Å². The summed E-state index contributed by atoms with van der Waals surface area (Å²) in [5.41, 5.74) is 0. The first-order chi connectivity index (χ1) is 12.9. The van der Waals surface area contributed by atoms with Crippen molar-refractivity contribution in [2.75, 3.05) is 32.7 Å². The standard InChI is InChI=1S/C19H28ClN3O3S/c1-15-6-2-4-8-17(15)21-19(24)14-22-10-12-23(13-11-22)27(25,26)18-9-5-3-7-16(18)20/h3,5,7,9,15,17H,2,4,6,8,10-14H2,1H3,(H,21,24)/t15-,17-/m1/s1. The van der Waals surface area contributed by atoms with Gasteiger partial charge in [-0.1, -0.05) is 43.5 Å². The van der Waals surface area contributed by atoms with E-state index in [4.69, 9.17) is 11.6 Å². The third-order valence-corrected chi connectivity index (χ3v) is 8.01. The van der Waals surface area contributed by atoms with Gasteiger partial charge in [0.15, 0.2) is 0 Å². The molecule has 2 aliphatic rings. The van der Waals surface area contributed by atoms with Gasteiger partial charge in [0.05, 0.1) is 11.6 Å². The molecule has 27 heavy (non-hydrogen) atoms. The average molecular weight is 414 g/mol. The molecule has 1 saturated carbocycles. The van der Waals surface area contributed by atoms with Gasteiger partial charge in [-0.2, -0.15) is 4.31 Å². The summed E-state index contributed by atoms with van der Waals surface area (Å²) in [6, 6.07) is 6.77. The van der Waals surface area contributed by atoms with E-state index in [-0.39, 0.29) is 21.9 Å². The molecule has 1 saturated heterocycles. The molecule has 1 N–H and O–H groups in total. The van der Waals surface area contributed by atoms with Gasteiger partial charge in [0.1, 0.15) is 4.90 Å². The SMILES string of the molecule is C[C@@H]1CCCC[C@H]1NC(=O)CN1CCN(S(=O)(=O)c2ccccc2Cl)CC1. The maximum atomic E-state index is 12.8. The predicted molar refractivity (Wildman–Crippen MR) is 106 cm³/mol. The van der Waals surface area contributed by atoms with Crippen LogP contribution < -0.4 is 5.32 Å². The highest BCUT2D eigenvalue weighted by Crippen LogP contribution is 2.25. The van der Waals surface area contributed by atoms with Crippen molar-refractivity contribution in [1.29, 1.82) is 0 Å². The molecule has 0 bridgehead atoms. The minimum atomic E-state index is -3.60. The van der Waals surface area contributed by atoms with E-state index in [0.717, 1.165) is 6.42 Å². The number of carbonyl (C=O) groups is 1. The molecule has 1 amide bonds. The maximum absolute atomic E-state index is 12.8. The molecular weight excluding hydrogens is 386 g/mol. The van der Waals surface area contributed by atoms with Crippen molar-refractivity contribution in [3.63, 3.8) is 0 Å². The molecule has 0 aromatic heterocycles. The van der Waals surface area contributed by atoms with Gasteiger partial charge in [-0.3, -0.25) is 9.69 Å². The Hall–Kier alpha value is -1.15. The Labute approximate surface area is 166 Å². The summed E-state index contributed by atoms with van der Waals surface area (Å²) in [6.45, 7) is 4.32. The third kappa shape index (κ3) is 5.02. The summed E-state index contributed by atoms with van der Waals surface area (Å²) >= 11 is 6.06. The first-order valence-corrected chi connectivity index (χ1v) is 11.5. The number of benzene rings is 1. The molecule has 6 nitrogen and oxygen atoms in total. The lowest BCUT2D eigenvalue weighted by Crippen LogP contribution is -2.52. The Morgan fingerprint density at radius 1 is 1.15 bits per heavy atom. The van der Waals surface area contributed by atoms with Crippen LogP contribution in [0.3, 0.4) is 0 Å². The molecule has 1 aliphatic carbocycles. The molecule has 1 heterocycles. The van der Waals surface area contributed by atoms with Gasteiger partial charge in [0.2, 0.25) is 15.9 Å². The number of sulfonamides is 1. The van der Waals surface area contributed by atoms with Crippen molar-refractivity contribution in [2.24, 2.45) is 5.92 Å². The van der Waals surface area contributed by atoms with Crippen LogP contribution in [0.15, 0.2) is 29.2 Å².